The van der Waals surface area contributed by atoms with Gasteiger partial charge in [0, 0.05) is 36.2 Å². The summed E-state index contributed by atoms with van der Waals surface area (Å²) in [4.78, 5) is 4.50. The predicted molar refractivity (Wildman–Crippen MR) is 74.4 cm³/mol. The summed E-state index contributed by atoms with van der Waals surface area (Å²) < 4.78 is 2.21. The molecular formula is C15H18N4. The number of rotatable bonds is 5. The van der Waals surface area contributed by atoms with Crippen LogP contribution in [0.3, 0.4) is 0 Å². The SMILES string of the molecule is N#CCC1(Cn2cc(CCN)c3cccnc32)CC1. The highest BCUT2D eigenvalue weighted by atomic mass is 15.0. The van der Waals surface area contributed by atoms with Crippen LogP contribution in [-0.2, 0) is 13.0 Å². The van der Waals surface area contributed by atoms with Crippen LogP contribution < -0.4 is 5.73 Å². The van der Waals surface area contributed by atoms with Crippen molar-refractivity contribution in [3.05, 3.63) is 30.1 Å². The second-order valence-corrected chi connectivity index (χ2v) is 5.53. The van der Waals surface area contributed by atoms with Crippen LogP contribution in [0.4, 0.5) is 0 Å². The molecule has 3 rings (SSSR count). The van der Waals surface area contributed by atoms with Crippen molar-refractivity contribution in [2.45, 2.75) is 32.2 Å². The average Bonchev–Trinajstić information content (AvgIpc) is 3.09. The predicted octanol–water partition coefficient (Wildman–Crippen LogP) is 2.23. The van der Waals surface area contributed by atoms with Crippen LogP contribution >= 0.6 is 0 Å². The molecule has 2 aromatic heterocycles. The maximum absolute atomic E-state index is 8.93. The lowest BCUT2D eigenvalue weighted by atomic mass is 10.0. The molecule has 0 radical (unpaired) electrons. The summed E-state index contributed by atoms with van der Waals surface area (Å²) in [6.45, 7) is 1.55. The topological polar surface area (TPSA) is 67.6 Å². The molecule has 1 aliphatic rings. The van der Waals surface area contributed by atoms with E-state index in [1.54, 1.807) is 0 Å². The number of nitrogens with two attached hydrogens (primary N) is 1. The van der Waals surface area contributed by atoms with Crippen molar-refractivity contribution in [1.82, 2.24) is 9.55 Å². The van der Waals surface area contributed by atoms with E-state index in [0.29, 0.717) is 13.0 Å². The summed E-state index contributed by atoms with van der Waals surface area (Å²) in [6, 6.07) is 6.39. The van der Waals surface area contributed by atoms with E-state index in [1.165, 1.54) is 10.9 Å². The smallest absolute Gasteiger partial charge is 0.140 e. The fraction of sp³-hybridized carbons (Fsp3) is 0.467. The van der Waals surface area contributed by atoms with Crippen LogP contribution in [0.2, 0.25) is 0 Å². The molecule has 98 valence electrons. The zero-order chi connectivity index (χ0) is 13.3. The minimum Gasteiger partial charge on any atom is -0.332 e. The van der Waals surface area contributed by atoms with Gasteiger partial charge in [-0.2, -0.15) is 5.26 Å². The molecular weight excluding hydrogens is 236 g/mol. The molecule has 2 heterocycles. The lowest BCUT2D eigenvalue weighted by Gasteiger charge is -2.12. The Kier molecular flexibility index (Phi) is 3.00. The van der Waals surface area contributed by atoms with Crippen molar-refractivity contribution in [2.24, 2.45) is 11.1 Å². The van der Waals surface area contributed by atoms with Gasteiger partial charge < -0.3 is 10.3 Å². The molecule has 2 aromatic rings. The van der Waals surface area contributed by atoms with Gasteiger partial charge in [-0.05, 0) is 43.5 Å². The zero-order valence-corrected chi connectivity index (χ0v) is 11.0. The second-order valence-electron chi connectivity index (χ2n) is 5.53. The van der Waals surface area contributed by atoms with Gasteiger partial charge in [-0.25, -0.2) is 4.98 Å². The van der Waals surface area contributed by atoms with E-state index in [1.807, 2.05) is 12.3 Å². The number of hydrogen-bond acceptors (Lipinski definition) is 3. The molecule has 0 aliphatic heterocycles. The summed E-state index contributed by atoms with van der Waals surface area (Å²) in [5.74, 6) is 0. The van der Waals surface area contributed by atoms with Crippen LogP contribution in [0, 0.1) is 16.7 Å². The van der Waals surface area contributed by atoms with Gasteiger partial charge in [-0.3, -0.25) is 0 Å². The molecule has 4 heteroatoms. The maximum Gasteiger partial charge on any atom is 0.140 e. The van der Waals surface area contributed by atoms with E-state index in [4.69, 9.17) is 11.0 Å². The molecule has 1 aliphatic carbocycles. The Hall–Kier alpha value is -1.86. The van der Waals surface area contributed by atoms with Crippen molar-refractivity contribution in [3.8, 4) is 6.07 Å². The highest BCUT2D eigenvalue weighted by Crippen LogP contribution is 2.50. The van der Waals surface area contributed by atoms with Crippen molar-refractivity contribution in [1.29, 1.82) is 5.26 Å². The third kappa shape index (κ3) is 2.22. The fourth-order valence-corrected chi connectivity index (χ4v) is 2.77. The zero-order valence-electron chi connectivity index (χ0n) is 11.0. The van der Waals surface area contributed by atoms with E-state index >= 15 is 0 Å². The number of nitrogens with zero attached hydrogens (tertiary/aromatic N) is 3. The minimum atomic E-state index is 0.193. The van der Waals surface area contributed by atoms with Crippen LogP contribution in [0.15, 0.2) is 24.5 Å². The molecule has 0 spiro atoms. The summed E-state index contributed by atoms with van der Waals surface area (Å²) in [5, 5.41) is 10.1. The lowest BCUT2D eigenvalue weighted by Crippen LogP contribution is -2.10. The number of aromatic nitrogens is 2. The Labute approximate surface area is 112 Å². The van der Waals surface area contributed by atoms with Crippen molar-refractivity contribution < 1.29 is 0 Å². The van der Waals surface area contributed by atoms with Gasteiger partial charge in [0.2, 0.25) is 0 Å². The molecule has 0 aromatic carbocycles. The Morgan fingerprint density at radius 2 is 2.32 bits per heavy atom. The third-order valence-electron chi connectivity index (χ3n) is 4.05. The van der Waals surface area contributed by atoms with Gasteiger partial charge in [-0.15, -0.1) is 0 Å². The summed E-state index contributed by atoms with van der Waals surface area (Å²) in [5.41, 5.74) is 8.15. The van der Waals surface area contributed by atoms with Crippen LogP contribution in [0.25, 0.3) is 11.0 Å². The Bertz CT molecular complexity index is 631. The molecule has 1 fully saturated rings. The number of pyridine rings is 1. The first kappa shape index (κ1) is 12.2. The first-order valence-corrected chi connectivity index (χ1v) is 6.78. The van der Waals surface area contributed by atoms with Gasteiger partial charge in [0.15, 0.2) is 0 Å². The van der Waals surface area contributed by atoms with Crippen molar-refractivity contribution in [3.63, 3.8) is 0 Å². The normalized spacial score (nSPS) is 16.4. The maximum atomic E-state index is 8.93. The third-order valence-corrected chi connectivity index (χ3v) is 4.05. The second kappa shape index (κ2) is 4.67. The van der Waals surface area contributed by atoms with Crippen molar-refractivity contribution >= 4 is 11.0 Å². The highest BCUT2D eigenvalue weighted by Gasteiger charge is 2.42. The van der Waals surface area contributed by atoms with E-state index < -0.39 is 0 Å². The van der Waals surface area contributed by atoms with Gasteiger partial charge in [0.05, 0.1) is 6.07 Å². The molecule has 0 atom stereocenters. The summed E-state index contributed by atoms with van der Waals surface area (Å²) in [7, 11) is 0. The molecule has 19 heavy (non-hydrogen) atoms. The fourth-order valence-electron chi connectivity index (χ4n) is 2.77. The highest BCUT2D eigenvalue weighted by molar-refractivity contribution is 5.80. The van der Waals surface area contributed by atoms with E-state index in [2.05, 4.69) is 27.9 Å². The quantitative estimate of drug-likeness (QED) is 0.889. The standard InChI is InChI=1S/C15H18N4/c16-7-3-12-10-19(11-15(4-5-15)6-8-17)14-13(12)2-1-9-18-14/h1-2,9-10H,3-7,11,16H2. The molecule has 0 bridgehead atoms. The molecule has 0 unspecified atom stereocenters. The van der Waals surface area contributed by atoms with Gasteiger partial charge in [-0.1, -0.05) is 0 Å². The van der Waals surface area contributed by atoms with E-state index in [9.17, 15) is 0 Å². The summed E-state index contributed by atoms with van der Waals surface area (Å²) >= 11 is 0. The van der Waals surface area contributed by atoms with E-state index in [-0.39, 0.29) is 5.41 Å². The number of nitriles is 1. The molecule has 1 saturated carbocycles. The molecule has 4 nitrogen and oxygen atoms in total. The average molecular weight is 254 g/mol. The first-order valence-electron chi connectivity index (χ1n) is 6.78. The van der Waals surface area contributed by atoms with Crippen molar-refractivity contribution in [2.75, 3.05) is 6.54 Å². The van der Waals surface area contributed by atoms with Gasteiger partial charge in [0.1, 0.15) is 5.65 Å². The number of fused-ring (bicyclic) bond motifs is 1. The monoisotopic (exact) mass is 254 g/mol. The van der Waals surface area contributed by atoms with Gasteiger partial charge >= 0.3 is 0 Å². The molecule has 0 amide bonds. The van der Waals surface area contributed by atoms with Crippen LogP contribution in [0.5, 0.6) is 0 Å². The largest absolute Gasteiger partial charge is 0.332 e. The minimum absolute atomic E-state index is 0.193. The van der Waals surface area contributed by atoms with Gasteiger partial charge in [0.25, 0.3) is 0 Å². The number of hydrogen-bond donors (Lipinski definition) is 1. The molecule has 0 saturated heterocycles. The lowest BCUT2D eigenvalue weighted by molar-refractivity contribution is 0.438. The van der Waals surface area contributed by atoms with E-state index in [0.717, 1.165) is 31.5 Å². The Morgan fingerprint density at radius 3 is 3.00 bits per heavy atom. The summed E-state index contributed by atoms with van der Waals surface area (Å²) in [6.07, 6.45) is 7.82. The Morgan fingerprint density at radius 1 is 1.47 bits per heavy atom. The first-order chi connectivity index (χ1) is 9.28. The Balaban J connectivity index is 1.97. The van der Waals surface area contributed by atoms with Crippen LogP contribution in [0.1, 0.15) is 24.8 Å². The molecule has 2 N–H and O–H groups in total. The van der Waals surface area contributed by atoms with Crippen LogP contribution in [-0.4, -0.2) is 16.1 Å².